The summed E-state index contributed by atoms with van der Waals surface area (Å²) in [6.45, 7) is 0.727. The van der Waals surface area contributed by atoms with Gasteiger partial charge in [0.15, 0.2) is 0 Å². The summed E-state index contributed by atoms with van der Waals surface area (Å²) in [7, 11) is -0.00392. The van der Waals surface area contributed by atoms with Crippen molar-refractivity contribution in [3.05, 3.63) is 26.9 Å². The molecule has 2 aromatic rings. The normalized spacial score (nSPS) is 11.9. The van der Waals surface area contributed by atoms with Crippen molar-refractivity contribution in [1.82, 2.24) is 24.8 Å². The van der Waals surface area contributed by atoms with Crippen LogP contribution < -0.4 is 10.0 Å². The SMILES string of the molecule is CNCc1cc(S(=O)(=O)NCc2nncn2C)c(Br)s1. The molecule has 7 nitrogen and oxygen atoms in total. The van der Waals surface area contributed by atoms with Crippen molar-refractivity contribution in [1.29, 1.82) is 0 Å². The molecule has 0 unspecified atom stereocenters. The number of thiophene rings is 1. The fourth-order valence-electron chi connectivity index (χ4n) is 1.55. The van der Waals surface area contributed by atoms with Crippen molar-refractivity contribution in [3.8, 4) is 0 Å². The molecule has 0 saturated heterocycles. The van der Waals surface area contributed by atoms with E-state index in [9.17, 15) is 8.42 Å². The second-order valence-corrected chi connectivity index (χ2v) is 8.25. The van der Waals surface area contributed by atoms with Crippen molar-refractivity contribution in [3.63, 3.8) is 0 Å². The Balaban J connectivity index is 2.16. The smallest absolute Gasteiger partial charge is 0.242 e. The van der Waals surface area contributed by atoms with E-state index >= 15 is 0 Å². The third kappa shape index (κ3) is 3.44. The number of halogens is 1. The summed E-state index contributed by atoms with van der Waals surface area (Å²) in [6.07, 6.45) is 1.52. The highest BCUT2D eigenvalue weighted by molar-refractivity contribution is 9.11. The van der Waals surface area contributed by atoms with Crippen LogP contribution in [0.15, 0.2) is 21.1 Å². The van der Waals surface area contributed by atoms with Crippen LogP contribution in [0, 0.1) is 0 Å². The number of hydrogen-bond acceptors (Lipinski definition) is 6. The lowest BCUT2D eigenvalue weighted by atomic mass is 10.5. The maximum atomic E-state index is 12.3. The highest BCUT2D eigenvalue weighted by atomic mass is 79.9. The molecule has 2 aromatic heterocycles. The second-order valence-electron chi connectivity index (χ2n) is 4.06. The van der Waals surface area contributed by atoms with Crippen molar-refractivity contribution in [2.45, 2.75) is 18.0 Å². The summed E-state index contributed by atoms with van der Waals surface area (Å²) < 4.78 is 29.3. The van der Waals surface area contributed by atoms with Crippen LogP contribution in [-0.4, -0.2) is 30.2 Å². The molecule has 0 aliphatic carbocycles. The number of aromatic nitrogens is 3. The number of aryl methyl sites for hydroxylation is 1. The van der Waals surface area contributed by atoms with E-state index in [4.69, 9.17) is 0 Å². The monoisotopic (exact) mass is 379 g/mol. The summed E-state index contributed by atoms with van der Waals surface area (Å²) in [5.74, 6) is 0.551. The Bertz CT molecular complexity index is 694. The maximum absolute atomic E-state index is 12.3. The molecular formula is C10H14BrN5O2S2. The van der Waals surface area contributed by atoms with E-state index in [-0.39, 0.29) is 11.4 Å². The molecule has 0 aliphatic heterocycles. The maximum Gasteiger partial charge on any atom is 0.242 e. The molecule has 2 N–H and O–H groups in total. The second kappa shape index (κ2) is 6.31. The van der Waals surface area contributed by atoms with Gasteiger partial charge in [-0.05, 0) is 29.0 Å². The molecule has 20 heavy (non-hydrogen) atoms. The first-order valence-corrected chi connectivity index (χ1v) is 8.78. The molecule has 0 bridgehead atoms. The van der Waals surface area contributed by atoms with E-state index in [1.54, 1.807) is 17.7 Å². The molecule has 0 amide bonds. The Morgan fingerprint density at radius 2 is 2.20 bits per heavy atom. The Kier molecular flexibility index (Phi) is 4.91. The summed E-state index contributed by atoms with van der Waals surface area (Å²) in [4.78, 5) is 1.19. The van der Waals surface area contributed by atoms with E-state index in [1.165, 1.54) is 17.7 Å². The van der Waals surface area contributed by atoms with E-state index in [0.717, 1.165) is 4.88 Å². The van der Waals surface area contributed by atoms with Gasteiger partial charge in [0, 0.05) is 18.5 Å². The van der Waals surface area contributed by atoms with Crippen LogP contribution in [0.5, 0.6) is 0 Å². The third-order valence-electron chi connectivity index (χ3n) is 2.57. The molecule has 2 heterocycles. The van der Waals surface area contributed by atoms with Gasteiger partial charge in [-0.2, -0.15) is 0 Å². The van der Waals surface area contributed by atoms with Crippen molar-refractivity contribution in [2.24, 2.45) is 7.05 Å². The minimum atomic E-state index is -3.58. The summed E-state index contributed by atoms with van der Waals surface area (Å²) in [6, 6.07) is 1.66. The Morgan fingerprint density at radius 3 is 2.80 bits per heavy atom. The summed E-state index contributed by atoms with van der Waals surface area (Å²) in [5.41, 5.74) is 0. The van der Waals surface area contributed by atoms with Crippen LogP contribution in [0.2, 0.25) is 0 Å². The van der Waals surface area contributed by atoms with Crippen molar-refractivity contribution >= 4 is 37.3 Å². The Hall–Kier alpha value is -0.810. The van der Waals surface area contributed by atoms with Gasteiger partial charge in [-0.1, -0.05) is 0 Å². The Labute approximate surface area is 129 Å². The van der Waals surface area contributed by atoms with Crippen molar-refractivity contribution < 1.29 is 8.42 Å². The van der Waals surface area contributed by atoms with Crippen LogP contribution in [0.3, 0.4) is 0 Å². The predicted molar refractivity (Wildman–Crippen MR) is 79.8 cm³/mol. The molecule has 110 valence electrons. The minimum Gasteiger partial charge on any atom is -0.320 e. The lowest BCUT2D eigenvalue weighted by molar-refractivity contribution is 0.577. The molecule has 0 aromatic carbocycles. The first-order chi connectivity index (χ1) is 9.44. The van der Waals surface area contributed by atoms with Gasteiger partial charge < -0.3 is 9.88 Å². The molecule has 0 radical (unpaired) electrons. The number of rotatable bonds is 6. The number of nitrogens with one attached hydrogen (secondary N) is 2. The van der Waals surface area contributed by atoms with Gasteiger partial charge in [-0.25, -0.2) is 13.1 Å². The minimum absolute atomic E-state index is 0.0997. The zero-order valence-electron chi connectivity index (χ0n) is 10.9. The van der Waals surface area contributed by atoms with Crippen LogP contribution >= 0.6 is 27.3 Å². The number of sulfonamides is 1. The van der Waals surface area contributed by atoms with Crippen LogP contribution in [0.4, 0.5) is 0 Å². The largest absolute Gasteiger partial charge is 0.320 e. The lowest BCUT2D eigenvalue weighted by Gasteiger charge is -2.05. The van der Waals surface area contributed by atoms with Gasteiger partial charge in [0.05, 0.1) is 10.3 Å². The van der Waals surface area contributed by atoms with Gasteiger partial charge in [-0.3, -0.25) is 0 Å². The molecular weight excluding hydrogens is 366 g/mol. The highest BCUT2D eigenvalue weighted by Gasteiger charge is 2.21. The molecule has 2 rings (SSSR count). The standard InChI is InChI=1S/C10H14BrN5O2S2/c1-12-4-7-3-8(10(11)19-7)20(17,18)14-5-9-15-13-6-16(9)2/h3,6,12,14H,4-5H2,1-2H3. The van der Waals surface area contributed by atoms with E-state index in [1.807, 2.05) is 7.05 Å². The first kappa shape index (κ1) is 15.6. The molecule has 0 aliphatic rings. The molecule has 10 heteroatoms. The molecule has 0 spiro atoms. The summed E-state index contributed by atoms with van der Waals surface area (Å²) in [5, 5.41) is 10.5. The average molecular weight is 380 g/mol. The first-order valence-electron chi connectivity index (χ1n) is 5.69. The number of nitrogens with zero attached hydrogens (tertiary/aromatic N) is 3. The lowest BCUT2D eigenvalue weighted by Crippen LogP contribution is -2.24. The topological polar surface area (TPSA) is 88.9 Å². The average Bonchev–Trinajstić information content (AvgIpc) is 2.94. The van der Waals surface area contributed by atoms with Crippen LogP contribution in [-0.2, 0) is 30.2 Å². The molecule has 0 fully saturated rings. The van der Waals surface area contributed by atoms with Gasteiger partial charge in [0.1, 0.15) is 17.0 Å². The predicted octanol–water partition coefficient (Wildman–Crippen LogP) is 0.837. The number of hydrogen-bond donors (Lipinski definition) is 2. The van der Waals surface area contributed by atoms with Crippen LogP contribution in [0.1, 0.15) is 10.7 Å². The van der Waals surface area contributed by atoms with E-state index < -0.39 is 10.0 Å². The van der Waals surface area contributed by atoms with E-state index in [0.29, 0.717) is 16.2 Å². The zero-order valence-corrected chi connectivity index (χ0v) is 14.1. The van der Waals surface area contributed by atoms with E-state index in [2.05, 4.69) is 36.2 Å². The zero-order chi connectivity index (χ0) is 14.8. The molecule has 0 atom stereocenters. The van der Waals surface area contributed by atoms with Gasteiger partial charge in [0.25, 0.3) is 0 Å². The fraction of sp³-hybridized carbons (Fsp3) is 0.400. The fourth-order valence-corrected chi connectivity index (χ4v) is 5.22. The summed E-state index contributed by atoms with van der Waals surface area (Å²) >= 11 is 4.69. The molecule has 0 saturated carbocycles. The van der Waals surface area contributed by atoms with Crippen molar-refractivity contribution in [2.75, 3.05) is 7.05 Å². The quantitative estimate of drug-likeness (QED) is 0.775. The van der Waals surface area contributed by atoms with Crippen LogP contribution in [0.25, 0.3) is 0 Å². The highest BCUT2D eigenvalue weighted by Crippen LogP contribution is 2.31. The third-order valence-corrected chi connectivity index (χ3v) is 6.23. The van der Waals surface area contributed by atoms with Gasteiger partial charge >= 0.3 is 0 Å². The Morgan fingerprint density at radius 1 is 1.45 bits per heavy atom. The van der Waals surface area contributed by atoms with Gasteiger partial charge in [0.2, 0.25) is 10.0 Å². The van der Waals surface area contributed by atoms with Gasteiger partial charge in [-0.15, -0.1) is 21.5 Å².